The Morgan fingerprint density at radius 3 is 2.33 bits per heavy atom. The molecule has 2 heterocycles. The summed E-state index contributed by atoms with van der Waals surface area (Å²) < 4.78 is 6.36. The van der Waals surface area contributed by atoms with E-state index in [1.54, 1.807) is 0 Å². The molecule has 0 saturated carbocycles. The number of para-hydroxylation sites is 3. The van der Waals surface area contributed by atoms with Crippen LogP contribution in [0.25, 0.3) is 44.2 Å². The third kappa shape index (κ3) is 4.15. The molecule has 39 heavy (non-hydrogen) atoms. The van der Waals surface area contributed by atoms with Crippen LogP contribution < -0.4 is 4.90 Å². The summed E-state index contributed by atoms with van der Waals surface area (Å²) in [7, 11) is 0. The highest BCUT2D eigenvalue weighted by atomic mass is 16.3. The fraction of sp³-hybridized carbons (Fsp3) is 0.0811. The van der Waals surface area contributed by atoms with Crippen molar-refractivity contribution in [2.24, 2.45) is 0 Å². The number of aryl methyl sites for hydroxylation is 1. The summed E-state index contributed by atoms with van der Waals surface area (Å²) in [6.45, 7) is 6.63. The Kier molecular flexibility index (Phi) is 5.67. The summed E-state index contributed by atoms with van der Waals surface area (Å²) in [6.07, 6.45) is 4.14. The quantitative estimate of drug-likeness (QED) is 0.239. The molecular formula is C37H29NO. The van der Waals surface area contributed by atoms with Crippen LogP contribution in [0.2, 0.25) is 0 Å². The number of hydrogen-bond donors (Lipinski definition) is 0. The lowest BCUT2D eigenvalue weighted by Crippen LogP contribution is -2.13. The van der Waals surface area contributed by atoms with Gasteiger partial charge in [0.2, 0.25) is 0 Å². The lowest BCUT2D eigenvalue weighted by atomic mass is 9.91. The van der Waals surface area contributed by atoms with E-state index < -0.39 is 0 Å². The van der Waals surface area contributed by atoms with E-state index in [1.165, 1.54) is 22.3 Å². The molecule has 0 spiro atoms. The number of hydrogen-bond acceptors (Lipinski definition) is 2. The van der Waals surface area contributed by atoms with E-state index in [2.05, 4.69) is 128 Å². The Hall–Kier alpha value is -4.82. The van der Waals surface area contributed by atoms with Crippen LogP contribution in [-0.4, -0.2) is 0 Å². The van der Waals surface area contributed by atoms with E-state index in [9.17, 15) is 0 Å². The molecule has 0 bridgehead atoms. The first-order valence-corrected chi connectivity index (χ1v) is 13.5. The predicted octanol–water partition coefficient (Wildman–Crippen LogP) is 10.5. The molecule has 188 valence electrons. The average molecular weight is 504 g/mol. The van der Waals surface area contributed by atoms with E-state index in [-0.39, 0.29) is 0 Å². The van der Waals surface area contributed by atoms with Crippen LogP contribution in [0.4, 0.5) is 11.4 Å². The molecule has 0 fully saturated rings. The van der Waals surface area contributed by atoms with Gasteiger partial charge in [0.25, 0.3) is 0 Å². The summed E-state index contributed by atoms with van der Waals surface area (Å²) in [6, 6.07) is 40.9. The van der Waals surface area contributed by atoms with Gasteiger partial charge >= 0.3 is 0 Å². The van der Waals surface area contributed by atoms with Gasteiger partial charge in [-0.25, -0.2) is 0 Å². The normalized spacial score (nSPS) is 15.1. The maximum atomic E-state index is 6.36. The number of anilines is 2. The second kappa shape index (κ2) is 9.49. The molecule has 2 heteroatoms. The Balaban J connectivity index is 1.38. The molecule has 0 N–H and O–H groups in total. The van der Waals surface area contributed by atoms with E-state index in [4.69, 9.17) is 4.42 Å². The molecule has 1 aliphatic rings. The minimum Gasteiger partial charge on any atom is -0.455 e. The molecule has 2 nitrogen and oxygen atoms in total. The number of furan rings is 1. The second-order valence-corrected chi connectivity index (χ2v) is 10.3. The maximum absolute atomic E-state index is 6.36. The molecule has 0 amide bonds. The third-order valence-corrected chi connectivity index (χ3v) is 7.75. The molecule has 0 atom stereocenters. The number of nitrogens with zero attached hydrogens (tertiary/aromatic N) is 1. The van der Waals surface area contributed by atoms with Gasteiger partial charge in [-0.15, -0.1) is 0 Å². The van der Waals surface area contributed by atoms with Crippen LogP contribution in [0.1, 0.15) is 29.5 Å². The van der Waals surface area contributed by atoms with Crippen LogP contribution in [0.5, 0.6) is 0 Å². The van der Waals surface area contributed by atoms with Gasteiger partial charge in [-0.3, -0.25) is 0 Å². The summed E-state index contributed by atoms with van der Waals surface area (Å²) in [5.74, 6) is 0. The van der Waals surface area contributed by atoms with Crippen molar-refractivity contribution in [3.63, 3.8) is 0 Å². The van der Waals surface area contributed by atoms with Gasteiger partial charge in [-0.1, -0.05) is 91.5 Å². The highest BCUT2D eigenvalue weighted by Gasteiger charge is 2.19. The fourth-order valence-electron chi connectivity index (χ4n) is 5.76. The van der Waals surface area contributed by atoms with Gasteiger partial charge in [0.15, 0.2) is 0 Å². The zero-order valence-electron chi connectivity index (χ0n) is 22.0. The first kappa shape index (κ1) is 23.3. The predicted molar refractivity (Wildman–Crippen MR) is 165 cm³/mol. The number of allylic oxidation sites excluding steroid dienone is 2. The van der Waals surface area contributed by atoms with Crippen LogP contribution in [0.15, 0.2) is 132 Å². The number of fused-ring (bicyclic) bond motifs is 4. The highest BCUT2D eigenvalue weighted by Crippen LogP contribution is 2.41. The SMILES string of the molecule is C=C1CC/C(c2cccc(-c3cccc4c3oc3ccccc34)c2)=C\N(c2cccc(C)c2)c2ccccc21. The summed E-state index contributed by atoms with van der Waals surface area (Å²) in [4.78, 5) is 2.33. The number of benzene rings is 5. The van der Waals surface area contributed by atoms with Gasteiger partial charge in [0.1, 0.15) is 11.2 Å². The maximum Gasteiger partial charge on any atom is 0.143 e. The van der Waals surface area contributed by atoms with E-state index in [1.807, 2.05) is 12.1 Å². The Morgan fingerprint density at radius 1 is 0.667 bits per heavy atom. The molecule has 7 rings (SSSR count). The minimum atomic E-state index is 0.910. The Bertz CT molecular complexity index is 1900. The van der Waals surface area contributed by atoms with Gasteiger partial charge in [0.05, 0.1) is 5.69 Å². The zero-order chi connectivity index (χ0) is 26.3. The monoisotopic (exact) mass is 503 g/mol. The third-order valence-electron chi connectivity index (χ3n) is 7.75. The van der Waals surface area contributed by atoms with Gasteiger partial charge in [-0.05, 0) is 77.9 Å². The van der Waals surface area contributed by atoms with Gasteiger partial charge < -0.3 is 9.32 Å². The Morgan fingerprint density at radius 2 is 1.41 bits per heavy atom. The molecule has 5 aromatic carbocycles. The number of rotatable bonds is 3. The van der Waals surface area contributed by atoms with Crippen molar-refractivity contribution in [3.05, 3.63) is 145 Å². The topological polar surface area (TPSA) is 16.4 Å². The van der Waals surface area contributed by atoms with Crippen molar-refractivity contribution in [1.29, 1.82) is 0 Å². The highest BCUT2D eigenvalue weighted by molar-refractivity contribution is 6.09. The molecule has 1 aliphatic heterocycles. The van der Waals surface area contributed by atoms with Crippen molar-refractivity contribution >= 4 is 44.5 Å². The average Bonchev–Trinajstić information content (AvgIpc) is 3.35. The molecule has 0 saturated heterocycles. The van der Waals surface area contributed by atoms with Crippen molar-refractivity contribution in [3.8, 4) is 11.1 Å². The summed E-state index contributed by atoms with van der Waals surface area (Å²) in [5, 5.41) is 2.30. The van der Waals surface area contributed by atoms with Gasteiger partial charge in [-0.2, -0.15) is 0 Å². The van der Waals surface area contributed by atoms with Gasteiger partial charge in [0, 0.05) is 33.8 Å². The van der Waals surface area contributed by atoms with E-state index >= 15 is 0 Å². The van der Waals surface area contributed by atoms with Crippen LogP contribution in [0.3, 0.4) is 0 Å². The van der Waals surface area contributed by atoms with Crippen molar-refractivity contribution < 1.29 is 4.42 Å². The van der Waals surface area contributed by atoms with E-state index in [0.29, 0.717) is 0 Å². The lowest BCUT2D eigenvalue weighted by Gasteiger charge is -2.28. The molecule has 0 radical (unpaired) electrons. The lowest BCUT2D eigenvalue weighted by molar-refractivity contribution is 0.670. The smallest absolute Gasteiger partial charge is 0.143 e. The standard InChI is InChI=1S/C37H29NO/c1-25-10-7-13-30(22-25)38-24-29(21-20-26(2)31-14-3-5-18-35(31)38)27-11-8-12-28(23-27)32-16-9-17-34-33-15-4-6-19-36(33)39-37(32)34/h3-19,22-24H,2,20-21H2,1H3/b29-24+. The molecule has 0 aliphatic carbocycles. The molecular weight excluding hydrogens is 474 g/mol. The van der Waals surface area contributed by atoms with Crippen LogP contribution >= 0.6 is 0 Å². The molecule has 1 aromatic heterocycles. The minimum absolute atomic E-state index is 0.910. The Labute approximate surface area is 229 Å². The second-order valence-electron chi connectivity index (χ2n) is 10.3. The summed E-state index contributed by atoms with van der Waals surface area (Å²) >= 11 is 0. The summed E-state index contributed by atoms with van der Waals surface area (Å²) in [5.41, 5.74) is 12.5. The first-order chi connectivity index (χ1) is 19.2. The van der Waals surface area contributed by atoms with Crippen molar-refractivity contribution in [2.45, 2.75) is 19.8 Å². The largest absolute Gasteiger partial charge is 0.455 e. The molecule has 0 unspecified atom stereocenters. The van der Waals surface area contributed by atoms with Crippen molar-refractivity contribution in [1.82, 2.24) is 0 Å². The molecule has 6 aromatic rings. The van der Waals surface area contributed by atoms with Crippen molar-refractivity contribution in [2.75, 3.05) is 4.90 Å². The van der Waals surface area contributed by atoms with E-state index in [0.717, 1.165) is 62.9 Å². The zero-order valence-corrected chi connectivity index (χ0v) is 22.0. The van der Waals surface area contributed by atoms with Crippen LogP contribution in [0, 0.1) is 6.92 Å². The fourth-order valence-corrected chi connectivity index (χ4v) is 5.76. The first-order valence-electron chi connectivity index (χ1n) is 13.5. The van der Waals surface area contributed by atoms with Crippen LogP contribution in [-0.2, 0) is 0 Å².